The predicted molar refractivity (Wildman–Crippen MR) is 100.0 cm³/mol. The number of pyridine rings is 1. The molecule has 28 heavy (non-hydrogen) atoms. The van der Waals surface area contributed by atoms with Crippen LogP contribution in [0.15, 0.2) is 48.8 Å². The van der Waals surface area contributed by atoms with Crippen molar-refractivity contribution < 1.29 is 13.2 Å². The fourth-order valence-electron chi connectivity index (χ4n) is 3.28. The SMILES string of the molecule is N[C@H]1CCc2nc(-c3ccncc3)nc(Nc3cccc(C(F)(F)F)c3)c2C1. The zero-order chi connectivity index (χ0) is 19.7. The second-order valence-electron chi connectivity index (χ2n) is 6.76. The maximum absolute atomic E-state index is 13.0. The lowest BCUT2D eigenvalue weighted by Crippen LogP contribution is -2.29. The van der Waals surface area contributed by atoms with Crippen LogP contribution in [0.4, 0.5) is 24.7 Å². The second-order valence-corrected chi connectivity index (χ2v) is 6.76. The summed E-state index contributed by atoms with van der Waals surface area (Å²) in [6.07, 6.45) is 0.972. The maximum atomic E-state index is 13.0. The van der Waals surface area contributed by atoms with Crippen LogP contribution in [0, 0.1) is 0 Å². The first-order valence-corrected chi connectivity index (χ1v) is 8.90. The molecule has 5 nitrogen and oxygen atoms in total. The quantitative estimate of drug-likeness (QED) is 0.709. The van der Waals surface area contributed by atoms with Crippen LogP contribution in [0.3, 0.4) is 0 Å². The van der Waals surface area contributed by atoms with Gasteiger partial charge in [0.1, 0.15) is 5.82 Å². The Morgan fingerprint density at radius 2 is 1.86 bits per heavy atom. The third-order valence-corrected chi connectivity index (χ3v) is 4.70. The summed E-state index contributed by atoms with van der Waals surface area (Å²) in [5.74, 6) is 0.998. The zero-order valence-corrected chi connectivity index (χ0v) is 14.9. The molecule has 1 atom stereocenters. The molecule has 1 aliphatic carbocycles. The van der Waals surface area contributed by atoms with Gasteiger partial charge in [0, 0.05) is 40.9 Å². The van der Waals surface area contributed by atoms with Crippen molar-refractivity contribution in [2.45, 2.75) is 31.5 Å². The van der Waals surface area contributed by atoms with Gasteiger partial charge in [0.05, 0.1) is 5.56 Å². The number of anilines is 2. The molecule has 3 N–H and O–H groups in total. The van der Waals surface area contributed by atoms with Gasteiger partial charge in [-0.25, -0.2) is 9.97 Å². The topological polar surface area (TPSA) is 76.7 Å². The Morgan fingerprint density at radius 1 is 1.07 bits per heavy atom. The van der Waals surface area contributed by atoms with Gasteiger partial charge in [-0.3, -0.25) is 4.98 Å². The van der Waals surface area contributed by atoms with E-state index < -0.39 is 11.7 Å². The molecule has 3 aromatic rings. The highest BCUT2D eigenvalue weighted by Crippen LogP contribution is 2.33. The molecule has 1 aromatic carbocycles. The molecule has 0 aliphatic heterocycles. The van der Waals surface area contributed by atoms with Crippen molar-refractivity contribution in [3.05, 3.63) is 65.6 Å². The molecule has 4 rings (SSSR count). The molecule has 8 heteroatoms. The molecule has 0 bridgehead atoms. The van der Waals surface area contributed by atoms with E-state index in [2.05, 4.69) is 20.3 Å². The standard InChI is InChI=1S/C20H18F3N5/c21-20(22,23)13-2-1-3-15(10-13)26-19-16-11-14(24)4-5-17(16)27-18(28-19)12-6-8-25-9-7-12/h1-3,6-10,14H,4-5,11,24H2,(H,26,27,28)/t14-/m0/s1. The van der Waals surface area contributed by atoms with Gasteiger partial charge in [-0.2, -0.15) is 13.2 Å². The van der Waals surface area contributed by atoms with Crippen LogP contribution in [-0.2, 0) is 19.0 Å². The normalized spacial score (nSPS) is 16.5. The van der Waals surface area contributed by atoms with E-state index in [9.17, 15) is 13.2 Å². The number of fused-ring (bicyclic) bond motifs is 1. The molecule has 0 fully saturated rings. The molecule has 2 aromatic heterocycles. The van der Waals surface area contributed by atoms with Crippen molar-refractivity contribution in [1.82, 2.24) is 15.0 Å². The largest absolute Gasteiger partial charge is 0.416 e. The van der Waals surface area contributed by atoms with E-state index in [0.717, 1.165) is 35.4 Å². The Labute approximate surface area is 159 Å². The lowest BCUT2D eigenvalue weighted by atomic mass is 9.92. The fourth-order valence-corrected chi connectivity index (χ4v) is 3.28. The van der Waals surface area contributed by atoms with Crippen molar-refractivity contribution in [3.8, 4) is 11.4 Å². The molecule has 2 heterocycles. The van der Waals surface area contributed by atoms with Crippen LogP contribution in [0.25, 0.3) is 11.4 Å². The summed E-state index contributed by atoms with van der Waals surface area (Å²) in [5, 5.41) is 3.05. The van der Waals surface area contributed by atoms with Crippen molar-refractivity contribution in [2.24, 2.45) is 5.73 Å². The molecular weight excluding hydrogens is 367 g/mol. The van der Waals surface area contributed by atoms with E-state index in [1.165, 1.54) is 6.07 Å². The van der Waals surface area contributed by atoms with Crippen molar-refractivity contribution in [3.63, 3.8) is 0 Å². The molecular formula is C20H18F3N5. The average molecular weight is 385 g/mol. The Bertz CT molecular complexity index is 989. The molecule has 0 unspecified atom stereocenters. The van der Waals surface area contributed by atoms with Crippen LogP contribution in [-0.4, -0.2) is 21.0 Å². The predicted octanol–water partition coefficient (Wildman–Crippen LogP) is 4.12. The number of aryl methyl sites for hydroxylation is 1. The monoisotopic (exact) mass is 385 g/mol. The first-order chi connectivity index (χ1) is 13.4. The van der Waals surface area contributed by atoms with Crippen LogP contribution < -0.4 is 11.1 Å². The fraction of sp³-hybridized carbons (Fsp3) is 0.250. The van der Waals surface area contributed by atoms with Gasteiger partial charge < -0.3 is 11.1 Å². The van der Waals surface area contributed by atoms with Gasteiger partial charge >= 0.3 is 6.18 Å². The van der Waals surface area contributed by atoms with Crippen LogP contribution in [0.2, 0.25) is 0 Å². The molecule has 0 saturated heterocycles. The van der Waals surface area contributed by atoms with E-state index in [-0.39, 0.29) is 6.04 Å². The smallest absolute Gasteiger partial charge is 0.340 e. The number of halogens is 3. The highest BCUT2D eigenvalue weighted by Gasteiger charge is 2.30. The van der Waals surface area contributed by atoms with E-state index in [4.69, 9.17) is 5.73 Å². The number of hydrogen-bond acceptors (Lipinski definition) is 5. The number of nitrogens with one attached hydrogen (secondary N) is 1. The van der Waals surface area contributed by atoms with Crippen molar-refractivity contribution in [2.75, 3.05) is 5.32 Å². The minimum Gasteiger partial charge on any atom is -0.340 e. The van der Waals surface area contributed by atoms with Gasteiger partial charge in [0.2, 0.25) is 0 Å². The summed E-state index contributed by atoms with van der Waals surface area (Å²) in [4.78, 5) is 13.3. The summed E-state index contributed by atoms with van der Waals surface area (Å²) in [5.41, 5.74) is 8.22. The van der Waals surface area contributed by atoms with Gasteiger partial charge in [-0.15, -0.1) is 0 Å². The number of rotatable bonds is 3. The minimum absolute atomic E-state index is 0.0232. The molecule has 0 amide bonds. The zero-order valence-electron chi connectivity index (χ0n) is 14.9. The summed E-state index contributed by atoms with van der Waals surface area (Å²) in [6, 6.07) is 8.63. The lowest BCUT2D eigenvalue weighted by molar-refractivity contribution is -0.137. The average Bonchev–Trinajstić information content (AvgIpc) is 2.68. The van der Waals surface area contributed by atoms with Gasteiger partial charge in [0.25, 0.3) is 0 Å². The highest BCUT2D eigenvalue weighted by atomic mass is 19.4. The molecule has 0 radical (unpaired) electrons. The first-order valence-electron chi connectivity index (χ1n) is 8.90. The molecule has 0 spiro atoms. The Morgan fingerprint density at radius 3 is 2.61 bits per heavy atom. The number of aromatic nitrogens is 3. The number of hydrogen-bond donors (Lipinski definition) is 2. The number of benzene rings is 1. The third kappa shape index (κ3) is 3.82. The van der Waals surface area contributed by atoms with E-state index in [1.54, 1.807) is 30.6 Å². The Hall–Kier alpha value is -3.00. The van der Waals surface area contributed by atoms with Gasteiger partial charge in [0.15, 0.2) is 5.82 Å². The maximum Gasteiger partial charge on any atom is 0.416 e. The summed E-state index contributed by atoms with van der Waals surface area (Å²) in [6.45, 7) is 0. The third-order valence-electron chi connectivity index (χ3n) is 4.70. The number of alkyl halides is 3. The second kappa shape index (κ2) is 7.20. The van der Waals surface area contributed by atoms with E-state index in [1.807, 2.05) is 0 Å². The highest BCUT2D eigenvalue weighted by molar-refractivity contribution is 5.65. The van der Waals surface area contributed by atoms with E-state index in [0.29, 0.717) is 30.2 Å². The molecule has 144 valence electrons. The molecule has 1 aliphatic rings. The van der Waals surface area contributed by atoms with Crippen LogP contribution in [0.1, 0.15) is 23.2 Å². The Kier molecular flexibility index (Phi) is 4.72. The van der Waals surface area contributed by atoms with Gasteiger partial charge in [-0.1, -0.05) is 6.07 Å². The van der Waals surface area contributed by atoms with E-state index >= 15 is 0 Å². The first kappa shape index (κ1) is 18.4. The molecule has 0 saturated carbocycles. The van der Waals surface area contributed by atoms with Crippen molar-refractivity contribution >= 4 is 11.5 Å². The number of nitrogens with zero attached hydrogens (tertiary/aromatic N) is 3. The summed E-state index contributed by atoms with van der Waals surface area (Å²) >= 11 is 0. The van der Waals surface area contributed by atoms with Crippen LogP contribution >= 0.6 is 0 Å². The minimum atomic E-state index is -4.41. The van der Waals surface area contributed by atoms with Gasteiger partial charge in [-0.05, 0) is 49.6 Å². The summed E-state index contributed by atoms with van der Waals surface area (Å²) < 4.78 is 39.1. The summed E-state index contributed by atoms with van der Waals surface area (Å²) in [7, 11) is 0. The lowest BCUT2D eigenvalue weighted by Gasteiger charge is -2.24. The van der Waals surface area contributed by atoms with Crippen LogP contribution in [0.5, 0.6) is 0 Å². The Balaban J connectivity index is 1.77. The number of nitrogens with two attached hydrogens (primary N) is 1. The van der Waals surface area contributed by atoms with Crippen molar-refractivity contribution in [1.29, 1.82) is 0 Å².